The third kappa shape index (κ3) is 5.40. The fourth-order valence-corrected chi connectivity index (χ4v) is 2.11. The second-order valence-electron chi connectivity index (χ2n) is 5.35. The average Bonchev–Trinajstić information content (AvgIpc) is 2.56. The van der Waals surface area contributed by atoms with Crippen molar-refractivity contribution in [3.8, 4) is 0 Å². The molecule has 0 saturated carbocycles. The number of benzene rings is 2. The van der Waals surface area contributed by atoms with Gasteiger partial charge in [0.2, 0.25) is 0 Å². The van der Waals surface area contributed by atoms with Crippen molar-refractivity contribution in [2.75, 3.05) is 24.4 Å². The molecule has 0 spiro atoms. The Balaban J connectivity index is 1.90. The van der Waals surface area contributed by atoms with Crippen LogP contribution >= 0.6 is 0 Å². The summed E-state index contributed by atoms with van der Waals surface area (Å²) >= 11 is 0. The fourth-order valence-electron chi connectivity index (χ4n) is 2.11. The molecule has 0 aromatic heterocycles. The van der Waals surface area contributed by atoms with Gasteiger partial charge in [-0.3, -0.25) is 4.79 Å². The molecule has 2 rings (SSSR count). The molecule has 2 aromatic carbocycles. The van der Waals surface area contributed by atoms with E-state index in [-0.39, 0.29) is 18.0 Å². The van der Waals surface area contributed by atoms with Gasteiger partial charge in [-0.25, -0.2) is 4.79 Å². The van der Waals surface area contributed by atoms with Gasteiger partial charge < -0.3 is 20.7 Å². The highest BCUT2D eigenvalue weighted by Gasteiger charge is 2.09. The summed E-state index contributed by atoms with van der Waals surface area (Å²) in [7, 11) is 1.58. The molecule has 0 aliphatic heterocycles. The quantitative estimate of drug-likeness (QED) is 0.763. The van der Waals surface area contributed by atoms with Crippen molar-refractivity contribution in [1.29, 1.82) is 0 Å². The predicted octanol–water partition coefficient (Wildman–Crippen LogP) is 3.10. The van der Waals surface area contributed by atoms with Crippen molar-refractivity contribution in [1.82, 2.24) is 5.32 Å². The minimum Gasteiger partial charge on any atom is -0.383 e. The van der Waals surface area contributed by atoms with Gasteiger partial charge in [0.1, 0.15) is 0 Å². The lowest BCUT2D eigenvalue weighted by molar-refractivity contribution is 0.102. The van der Waals surface area contributed by atoms with Crippen LogP contribution in [0.25, 0.3) is 0 Å². The topological polar surface area (TPSA) is 79.5 Å². The SMILES string of the molecule is COCC(C)NC(=O)Nc1ccc(C(=O)Nc2ccccc2)cc1. The molecule has 1 unspecified atom stereocenters. The molecule has 0 fully saturated rings. The van der Waals surface area contributed by atoms with Gasteiger partial charge in [0.05, 0.1) is 12.6 Å². The van der Waals surface area contributed by atoms with Crippen LogP contribution in [0.2, 0.25) is 0 Å². The van der Waals surface area contributed by atoms with Gasteiger partial charge in [-0.2, -0.15) is 0 Å². The Bertz CT molecular complexity index is 672. The molecular formula is C18H21N3O3. The summed E-state index contributed by atoms with van der Waals surface area (Å²) in [5, 5.41) is 8.26. The Labute approximate surface area is 141 Å². The highest BCUT2D eigenvalue weighted by atomic mass is 16.5. The number of rotatable bonds is 6. The molecule has 3 N–H and O–H groups in total. The molecule has 3 amide bonds. The highest BCUT2D eigenvalue weighted by molar-refractivity contribution is 6.04. The number of carbonyl (C=O) groups is 2. The average molecular weight is 327 g/mol. The molecule has 0 aliphatic rings. The van der Waals surface area contributed by atoms with E-state index in [4.69, 9.17) is 4.74 Å². The monoisotopic (exact) mass is 327 g/mol. The summed E-state index contributed by atoms with van der Waals surface area (Å²) in [5.41, 5.74) is 1.85. The Morgan fingerprint density at radius 2 is 1.58 bits per heavy atom. The fraction of sp³-hybridized carbons (Fsp3) is 0.222. The van der Waals surface area contributed by atoms with Crippen LogP contribution in [-0.2, 0) is 4.74 Å². The van der Waals surface area contributed by atoms with Crippen LogP contribution < -0.4 is 16.0 Å². The van der Waals surface area contributed by atoms with Crippen LogP contribution in [-0.4, -0.2) is 31.7 Å². The molecule has 1 atom stereocenters. The first kappa shape index (κ1) is 17.5. The molecule has 0 aliphatic carbocycles. The van der Waals surface area contributed by atoms with Crippen molar-refractivity contribution in [2.45, 2.75) is 13.0 Å². The van der Waals surface area contributed by atoms with Crippen molar-refractivity contribution in [3.63, 3.8) is 0 Å². The van der Waals surface area contributed by atoms with E-state index in [1.807, 2.05) is 37.3 Å². The summed E-state index contributed by atoms with van der Waals surface area (Å²) in [6, 6.07) is 15.5. The van der Waals surface area contributed by atoms with E-state index >= 15 is 0 Å². The maximum atomic E-state index is 12.1. The van der Waals surface area contributed by atoms with E-state index in [1.165, 1.54) is 0 Å². The maximum absolute atomic E-state index is 12.1. The Morgan fingerprint density at radius 1 is 0.958 bits per heavy atom. The van der Waals surface area contributed by atoms with Gasteiger partial charge in [0.25, 0.3) is 5.91 Å². The Hall–Kier alpha value is -2.86. The molecule has 6 heteroatoms. The molecule has 24 heavy (non-hydrogen) atoms. The number of para-hydroxylation sites is 1. The zero-order valence-electron chi connectivity index (χ0n) is 13.7. The smallest absolute Gasteiger partial charge is 0.319 e. The second-order valence-corrected chi connectivity index (χ2v) is 5.35. The number of anilines is 2. The number of carbonyl (C=O) groups excluding carboxylic acids is 2. The molecule has 126 valence electrons. The summed E-state index contributed by atoms with van der Waals surface area (Å²) in [6.45, 7) is 2.28. The number of hydrogen-bond donors (Lipinski definition) is 3. The zero-order chi connectivity index (χ0) is 17.4. The van der Waals surface area contributed by atoms with Gasteiger partial charge in [-0.15, -0.1) is 0 Å². The summed E-state index contributed by atoms with van der Waals surface area (Å²) in [4.78, 5) is 23.9. The normalized spacial score (nSPS) is 11.4. The molecule has 6 nitrogen and oxygen atoms in total. The van der Waals surface area contributed by atoms with Crippen LogP contribution in [0.5, 0.6) is 0 Å². The van der Waals surface area contributed by atoms with Crippen LogP contribution in [0.4, 0.5) is 16.2 Å². The van der Waals surface area contributed by atoms with Gasteiger partial charge >= 0.3 is 6.03 Å². The van der Waals surface area contributed by atoms with E-state index < -0.39 is 0 Å². The number of nitrogens with one attached hydrogen (secondary N) is 3. The van der Waals surface area contributed by atoms with Crippen LogP contribution in [0.15, 0.2) is 54.6 Å². The lowest BCUT2D eigenvalue weighted by atomic mass is 10.2. The second kappa shape index (κ2) is 8.69. The van der Waals surface area contributed by atoms with Crippen molar-refractivity contribution < 1.29 is 14.3 Å². The minimum atomic E-state index is -0.318. The van der Waals surface area contributed by atoms with Crippen LogP contribution in [0, 0.1) is 0 Å². The first-order valence-corrected chi connectivity index (χ1v) is 7.61. The number of ether oxygens (including phenoxy) is 1. The third-order valence-corrected chi connectivity index (χ3v) is 3.23. The number of hydrogen-bond acceptors (Lipinski definition) is 3. The van der Waals surface area contributed by atoms with Gasteiger partial charge in [-0.05, 0) is 43.3 Å². The molecule has 0 saturated heterocycles. The van der Waals surface area contributed by atoms with Gasteiger partial charge in [0.15, 0.2) is 0 Å². The van der Waals surface area contributed by atoms with E-state index in [0.717, 1.165) is 5.69 Å². The summed E-state index contributed by atoms with van der Waals surface area (Å²) < 4.78 is 4.96. The Kier molecular flexibility index (Phi) is 6.33. The number of urea groups is 1. The predicted molar refractivity (Wildman–Crippen MR) is 94.3 cm³/mol. The standard InChI is InChI=1S/C18H21N3O3/c1-13(12-24-2)19-18(23)21-16-10-8-14(9-11-16)17(22)20-15-6-4-3-5-7-15/h3-11,13H,12H2,1-2H3,(H,20,22)(H2,19,21,23). The minimum absolute atomic E-state index is 0.0917. The van der Waals surface area contributed by atoms with Crippen molar-refractivity contribution in [3.05, 3.63) is 60.2 Å². The first-order valence-electron chi connectivity index (χ1n) is 7.61. The van der Waals surface area contributed by atoms with Gasteiger partial charge in [-0.1, -0.05) is 18.2 Å². The molecule has 0 heterocycles. The zero-order valence-corrected chi connectivity index (χ0v) is 13.7. The van der Waals surface area contributed by atoms with Crippen LogP contribution in [0.1, 0.15) is 17.3 Å². The van der Waals surface area contributed by atoms with E-state index in [1.54, 1.807) is 31.4 Å². The Morgan fingerprint density at radius 3 is 2.21 bits per heavy atom. The number of amides is 3. The lowest BCUT2D eigenvalue weighted by Crippen LogP contribution is -2.38. The largest absolute Gasteiger partial charge is 0.383 e. The molecular weight excluding hydrogens is 306 g/mol. The maximum Gasteiger partial charge on any atom is 0.319 e. The van der Waals surface area contributed by atoms with Crippen LogP contribution in [0.3, 0.4) is 0 Å². The van der Waals surface area contributed by atoms with E-state index in [9.17, 15) is 9.59 Å². The molecule has 0 radical (unpaired) electrons. The third-order valence-electron chi connectivity index (χ3n) is 3.23. The molecule has 0 bridgehead atoms. The highest BCUT2D eigenvalue weighted by Crippen LogP contribution is 2.12. The first-order chi connectivity index (χ1) is 11.6. The number of methoxy groups -OCH3 is 1. The van der Waals surface area contributed by atoms with E-state index in [2.05, 4.69) is 16.0 Å². The van der Waals surface area contributed by atoms with Gasteiger partial charge in [0, 0.05) is 24.0 Å². The lowest BCUT2D eigenvalue weighted by Gasteiger charge is -2.13. The molecule has 2 aromatic rings. The van der Waals surface area contributed by atoms with Crippen molar-refractivity contribution >= 4 is 23.3 Å². The summed E-state index contributed by atoms with van der Waals surface area (Å²) in [6.07, 6.45) is 0. The van der Waals surface area contributed by atoms with E-state index in [0.29, 0.717) is 17.9 Å². The summed E-state index contributed by atoms with van der Waals surface area (Å²) in [5.74, 6) is -0.203. The van der Waals surface area contributed by atoms with Crippen molar-refractivity contribution in [2.24, 2.45) is 0 Å².